The average Bonchev–Trinajstić information content (AvgIpc) is 3.53. The molecule has 0 saturated carbocycles. The van der Waals surface area contributed by atoms with E-state index in [4.69, 9.17) is 110 Å². The highest BCUT2D eigenvalue weighted by atomic mass is 80.9. The quantitative estimate of drug-likeness (QED) is 0.0295. The molecule has 0 fully saturated rings. The van der Waals surface area contributed by atoms with E-state index in [-0.39, 0.29) is 26.4 Å². The highest BCUT2D eigenvalue weighted by molar-refractivity contribution is 9.93. The van der Waals surface area contributed by atoms with Gasteiger partial charge in [-0.05, 0) is 96.5 Å². The minimum atomic E-state index is -1.15. The number of nitrogen functional groups attached to an aromatic ring is 1. The molecule has 0 spiro atoms. The summed E-state index contributed by atoms with van der Waals surface area (Å²) in [5.74, 6) is -2.50. The first-order chi connectivity index (χ1) is 30.9. The maximum atomic E-state index is 11.3. The van der Waals surface area contributed by atoms with Crippen molar-refractivity contribution in [2.75, 3.05) is 22.9 Å². The van der Waals surface area contributed by atoms with E-state index in [1.54, 1.807) is 72.8 Å². The highest BCUT2D eigenvalue weighted by Gasteiger charge is 2.20. The van der Waals surface area contributed by atoms with Crippen LogP contribution in [0.3, 0.4) is 0 Å². The molecule has 2 amide bonds. The number of carbonyl (C=O) groups excluding carboxylic acids is 2. The van der Waals surface area contributed by atoms with Gasteiger partial charge in [0.1, 0.15) is 16.1 Å². The Morgan fingerprint density at radius 1 is 0.818 bits per heavy atom. The van der Waals surface area contributed by atoms with Crippen molar-refractivity contribution < 1.29 is 9.59 Å². The molecule has 0 aliphatic heterocycles. The first-order valence-electron chi connectivity index (χ1n) is 16.1. The number of aromatic nitrogens is 1. The maximum absolute atomic E-state index is 11.3. The maximum Gasteiger partial charge on any atom is 0.297 e. The fourth-order valence-corrected chi connectivity index (χ4v) is 8.20. The van der Waals surface area contributed by atoms with Gasteiger partial charge in [0.05, 0.1) is 16.9 Å². The molecule has 1 heterocycles. The van der Waals surface area contributed by atoms with Gasteiger partial charge in [0, 0.05) is 83.3 Å². The Kier molecular flexibility index (Phi) is 37.5. The molecule has 1 aromatic heterocycles. The van der Waals surface area contributed by atoms with Crippen molar-refractivity contribution in [1.82, 2.24) is 4.37 Å². The lowest BCUT2D eigenvalue weighted by atomic mass is 10.1. The van der Waals surface area contributed by atoms with E-state index in [0.29, 0.717) is 47.8 Å². The van der Waals surface area contributed by atoms with Crippen molar-refractivity contribution in [2.24, 2.45) is 22.4 Å². The number of thiocarbonyl (C=S) groups is 3. The number of aromatic amines is 1. The summed E-state index contributed by atoms with van der Waals surface area (Å²) in [4.78, 5) is 38.3. The van der Waals surface area contributed by atoms with Crippen LogP contribution in [-0.2, 0) is 9.59 Å². The van der Waals surface area contributed by atoms with Crippen molar-refractivity contribution in [1.29, 1.82) is 10.5 Å². The largest absolute Gasteiger partial charge is 0.399 e. The summed E-state index contributed by atoms with van der Waals surface area (Å²) < 4.78 is 5.80. The van der Waals surface area contributed by atoms with Gasteiger partial charge in [-0.25, -0.2) is 6.57 Å². The number of amides is 2. The molecule has 0 aliphatic rings. The molecule has 29 heteroatoms. The summed E-state index contributed by atoms with van der Waals surface area (Å²) in [6.45, 7) is 5.86. The van der Waals surface area contributed by atoms with Gasteiger partial charge in [0.15, 0.2) is 15.3 Å². The van der Waals surface area contributed by atoms with Crippen LogP contribution in [0, 0.1) is 35.2 Å². The second-order valence-electron chi connectivity index (χ2n) is 10.8. The van der Waals surface area contributed by atoms with Crippen LogP contribution in [0.2, 0.25) is 20.1 Å². The molecule has 9 N–H and O–H groups in total. The summed E-state index contributed by atoms with van der Waals surface area (Å²) in [6.07, 6.45) is 0. The third-order valence-electron chi connectivity index (χ3n) is 5.88. The van der Waals surface area contributed by atoms with Gasteiger partial charge in [-0.3, -0.25) is 18.8 Å². The highest BCUT2D eigenvalue weighted by Crippen LogP contribution is 2.28. The summed E-state index contributed by atoms with van der Waals surface area (Å²) in [7, 11) is 0. The molecule has 0 bridgehead atoms. The number of halogens is 12. The number of nitrogens with one attached hydrogen (secondary N) is 3. The van der Waals surface area contributed by atoms with E-state index in [0.717, 1.165) is 29.4 Å². The molecule has 1 unspecified atom stereocenters. The van der Waals surface area contributed by atoms with E-state index in [1.807, 2.05) is 12.1 Å². The minimum Gasteiger partial charge on any atom is -0.399 e. The lowest BCUT2D eigenvalue weighted by Crippen LogP contribution is -2.32. The van der Waals surface area contributed by atoms with Crippen LogP contribution in [0.5, 0.6) is 0 Å². The Labute approximate surface area is 477 Å². The zero-order chi connectivity index (χ0) is 51.1. The topological polar surface area (TPSA) is 233 Å². The number of hydrogen-bond acceptors (Lipinski definition) is 12. The molecular weight excluding hydrogens is 1450 g/mol. The van der Waals surface area contributed by atoms with Gasteiger partial charge in [0.25, 0.3) is 18.0 Å². The molecule has 5 aromatic rings. The zero-order valence-electron chi connectivity index (χ0n) is 32.1. The number of H-pyrrole nitrogens is 1. The van der Waals surface area contributed by atoms with Gasteiger partial charge >= 0.3 is 0 Å². The fraction of sp³-hybridized carbons (Fsp3) is 0.0541. The number of benzene rings is 4. The van der Waals surface area contributed by atoms with Crippen molar-refractivity contribution >= 4 is 263 Å². The van der Waals surface area contributed by atoms with Crippen LogP contribution in [-0.4, -0.2) is 36.7 Å². The van der Waals surface area contributed by atoms with Gasteiger partial charge in [0.2, 0.25) is 5.91 Å². The molecular formula is C37H24Br6Cl6N10O3S4. The SMILES string of the molecule is BrBr.N#CC(C(N)=O)C(=S)Nc1cc(Cl)cc(Br)c1.N#Cc1c(Nc2cc(Cl)cc(Br)c2)s[nH]c1=O.Nc1cc(Cl)cc(Br)c1.S=C(Cl)Cl.S=C=Nc1cc(Cl)cc(Br)c1.[C-]#[N+]CC(N)=O. The van der Waals surface area contributed by atoms with Crippen LogP contribution in [0.15, 0.2) is 100 Å². The summed E-state index contributed by atoms with van der Waals surface area (Å²) >= 11 is 65.8. The zero-order valence-corrected chi connectivity index (χ0v) is 49.4. The van der Waals surface area contributed by atoms with Crippen molar-refractivity contribution in [3.63, 3.8) is 0 Å². The molecule has 4 aromatic carbocycles. The third kappa shape index (κ3) is 31.7. The Morgan fingerprint density at radius 2 is 1.27 bits per heavy atom. The number of rotatable bonds is 7. The first-order valence-corrected chi connectivity index (χ1v) is 27.3. The molecule has 1 atom stereocenters. The number of hydrogen-bond donors (Lipinski definition) is 6. The number of isothiocyanates is 1. The number of primary amides is 2. The van der Waals surface area contributed by atoms with Crippen molar-refractivity contribution in [3.8, 4) is 12.1 Å². The fourth-order valence-electron chi connectivity index (χ4n) is 3.65. The van der Waals surface area contributed by atoms with Crippen molar-refractivity contribution in [3.05, 3.63) is 138 Å². The van der Waals surface area contributed by atoms with Crippen LogP contribution in [0.1, 0.15) is 5.56 Å². The number of anilines is 4. The van der Waals surface area contributed by atoms with Crippen molar-refractivity contribution in [2.45, 2.75) is 0 Å². The van der Waals surface area contributed by atoms with Gasteiger partial charge in [-0.1, -0.05) is 158 Å². The molecule has 13 nitrogen and oxygen atoms in total. The van der Waals surface area contributed by atoms with E-state index < -0.39 is 17.7 Å². The van der Waals surface area contributed by atoms with Crippen LogP contribution in [0.25, 0.3) is 4.85 Å². The Bertz CT molecular complexity index is 2580. The van der Waals surface area contributed by atoms with Crippen LogP contribution in [0.4, 0.5) is 27.8 Å². The lowest BCUT2D eigenvalue weighted by molar-refractivity contribution is -0.118. The standard InChI is InChI=1S/C10H5BrClN3OS.C10H7BrClN3OS.C7H3BrClNS.C6H5BrClN.C3H4N2O.CCl2S.Br2/c11-5-1-6(12)3-7(2-5)14-10-8(4-13)9(16)15-17-10;11-5-1-6(12)3-7(2-5)15-10(17)8(4-13)9(14)16;8-5-1-6(9)3-7(2-5)10-4-11;7-4-1-5(8)3-6(9)2-4;1-5-2-3(4)6;2-1(3)4;1-2/h1-3,14H,(H,15,16);1-3,8H,(H2,14,16)(H,15,17);1-3H;1-3H,9H2;2H2,(H2,4,6);;. The Balaban J connectivity index is 0. The van der Waals surface area contributed by atoms with Gasteiger partial charge < -0.3 is 32.7 Å². The molecule has 66 heavy (non-hydrogen) atoms. The Hall–Kier alpha value is -2.28. The number of aliphatic imine (C=N–C) groups is 1. The average molecular weight is 1480 g/mol. The normalized spacial score (nSPS) is 9.35. The molecule has 0 radical (unpaired) electrons. The number of nitriles is 2. The smallest absolute Gasteiger partial charge is 0.297 e. The second kappa shape index (κ2) is 37.6. The molecule has 5 rings (SSSR count). The predicted molar refractivity (Wildman–Crippen MR) is 306 cm³/mol. The molecule has 0 saturated heterocycles. The van der Waals surface area contributed by atoms with Crippen LogP contribution >= 0.6 is 210 Å². The van der Waals surface area contributed by atoms with Crippen LogP contribution < -0.4 is 33.4 Å². The third-order valence-corrected chi connectivity index (χ3v) is 9.81. The summed E-state index contributed by atoms with van der Waals surface area (Å²) in [5.41, 5.74) is 17.4. The van der Waals surface area contributed by atoms with E-state index in [9.17, 15) is 14.4 Å². The van der Waals surface area contributed by atoms with E-state index in [2.05, 4.69) is 152 Å². The molecule has 348 valence electrons. The van der Waals surface area contributed by atoms with Gasteiger partial charge in [-0.2, -0.15) is 15.5 Å². The van der Waals surface area contributed by atoms with E-state index in [1.165, 1.54) is 0 Å². The predicted octanol–water partition coefficient (Wildman–Crippen LogP) is 15.3. The molecule has 0 aliphatic carbocycles. The first kappa shape index (κ1) is 65.8. The summed E-state index contributed by atoms with van der Waals surface area (Å²) in [5, 5.41) is 28.4. The lowest BCUT2D eigenvalue weighted by Gasteiger charge is -2.10. The number of carbonyl (C=O) groups is 2. The Morgan fingerprint density at radius 3 is 1.65 bits per heavy atom. The number of nitrogens with two attached hydrogens (primary N) is 3. The summed E-state index contributed by atoms with van der Waals surface area (Å²) in [6, 6.07) is 24.5. The van der Waals surface area contributed by atoms with E-state index >= 15 is 0 Å². The monoisotopic (exact) mass is 1470 g/mol. The minimum absolute atomic E-state index is 0.0502. The number of nitrogens with zero attached hydrogens (tertiary/aromatic N) is 4. The van der Waals surface area contributed by atoms with Gasteiger partial charge in [-0.15, -0.1) is 0 Å². The second-order valence-corrected chi connectivity index (χ2v) is 19.4.